The van der Waals surface area contributed by atoms with Crippen molar-refractivity contribution in [3.63, 3.8) is 0 Å². The maximum absolute atomic E-state index is 13.7. The van der Waals surface area contributed by atoms with Gasteiger partial charge in [0.05, 0.1) is 21.1 Å². The Labute approximate surface area is 236 Å². The molecule has 8 nitrogen and oxygen atoms in total. The van der Waals surface area contributed by atoms with Gasteiger partial charge in [-0.2, -0.15) is 0 Å². The van der Waals surface area contributed by atoms with Crippen LogP contribution in [0.5, 0.6) is 0 Å². The fraction of sp³-hybridized carbons (Fsp3) is 0.600. The summed E-state index contributed by atoms with van der Waals surface area (Å²) in [7, 11) is 5.40. The first kappa shape index (κ1) is 30.9. The SMILES string of the molecule is C=C(CN(C)C)C(=O)CC[C@@H](NC(=O)[C@@H](CC(=O)NC)Cc1nc2ccc(C(C)C)cc2s1)C1CCOCC1. The van der Waals surface area contributed by atoms with Gasteiger partial charge in [0.25, 0.3) is 0 Å². The van der Waals surface area contributed by atoms with Crippen LogP contribution in [0, 0.1) is 11.8 Å². The number of nitrogens with zero attached hydrogens (tertiary/aromatic N) is 2. The first-order valence-corrected chi connectivity index (χ1v) is 14.7. The lowest BCUT2D eigenvalue weighted by molar-refractivity contribution is -0.131. The molecule has 0 saturated carbocycles. The van der Waals surface area contributed by atoms with E-state index >= 15 is 0 Å². The highest BCUT2D eigenvalue weighted by Gasteiger charge is 2.30. The number of amides is 2. The van der Waals surface area contributed by atoms with Gasteiger partial charge in [0.2, 0.25) is 11.8 Å². The van der Waals surface area contributed by atoms with E-state index in [4.69, 9.17) is 9.72 Å². The van der Waals surface area contributed by atoms with Gasteiger partial charge >= 0.3 is 0 Å². The molecule has 1 aliphatic heterocycles. The van der Waals surface area contributed by atoms with Crippen molar-refractivity contribution in [3.05, 3.63) is 40.9 Å². The molecule has 1 saturated heterocycles. The van der Waals surface area contributed by atoms with E-state index in [-0.39, 0.29) is 36.0 Å². The molecule has 1 aromatic carbocycles. The Morgan fingerprint density at radius 1 is 1.21 bits per heavy atom. The predicted octanol–water partition coefficient (Wildman–Crippen LogP) is 4.09. The lowest BCUT2D eigenvalue weighted by Crippen LogP contribution is -2.46. The Morgan fingerprint density at radius 3 is 2.56 bits per heavy atom. The normalized spacial score (nSPS) is 15.9. The first-order valence-electron chi connectivity index (χ1n) is 13.9. The summed E-state index contributed by atoms with van der Waals surface area (Å²) >= 11 is 1.58. The number of carbonyl (C=O) groups excluding carboxylic acids is 3. The van der Waals surface area contributed by atoms with E-state index in [9.17, 15) is 14.4 Å². The van der Waals surface area contributed by atoms with E-state index in [1.807, 2.05) is 25.1 Å². The third kappa shape index (κ3) is 9.22. The van der Waals surface area contributed by atoms with E-state index in [2.05, 4.69) is 43.2 Å². The lowest BCUT2D eigenvalue weighted by Gasteiger charge is -2.32. The van der Waals surface area contributed by atoms with Gasteiger partial charge in [0.1, 0.15) is 0 Å². The molecule has 214 valence electrons. The van der Waals surface area contributed by atoms with Gasteiger partial charge in [-0.05, 0) is 62.9 Å². The molecule has 2 atom stereocenters. The summed E-state index contributed by atoms with van der Waals surface area (Å²) in [4.78, 5) is 45.5. The number of hydrogen-bond acceptors (Lipinski definition) is 7. The van der Waals surface area contributed by atoms with Gasteiger partial charge in [-0.25, -0.2) is 4.98 Å². The Balaban J connectivity index is 1.76. The molecule has 9 heteroatoms. The van der Waals surface area contributed by atoms with E-state index < -0.39 is 5.92 Å². The average Bonchev–Trinajstić information content (AvgIpc) is 3.31. The standard InChI is InChI=1S/C30H44N4O4S/c1-19(2)22-7-8-25-27(15-22)39-29(32-25)17-23(16-28(36)31-4)30(37)33-24(21-11-13-38-14-12-21)9-10-26(35)20(3)18-34(5)6/h7-8,15,19,21,23-24H,3,9-14,16-18H2,1-2,4-6H3,(H,31,36)(H,33,37)/t23-,24+/m0/s1. The highest BCUT2D eigenvalue weighted by molar-refractivity contribution is 7.18. The highest BCUT2D eigenvalue weighted by atomic mass is 32.1. The van der Waals surface area contributed by atoms with Crippen LogP contribution >= 0.6 is 11.3 Å². The summed E-state index contributed by atoms with van der Waals surface area (Å²) in [6.45, 7) is 10.1. The smallest absolute Gasteiger partial charge is 0.224 e. The zero-order chi connectivity index (χ0) is 28.5. The summed E-state index contributed by atoms with van der Waals surface area (Å²) in [5.41, 5.74) is 2.74. The number of fused-ring (bicyclic) bond motifs is 1. The molecule has 2 N–H and O–H groups in total. The van der Waals surface area contributed by atoms with Crippen molar-refractivity contribution < 1.29 is 19.1 Å². The summed E-state index contributed by atoms with van der Waals surface area (Å²) in [6.07, 6.45) is 2.98. The number of rotatable bonds is 14. The maximum Gasteiger partial charge on any atom is 0.224 e. The molecular formula is C30H44N4O4S. The van der Waals surface area contributed by atoms with Crippen molar-refractivity contribution in [1.82, 2.24) is 20.5 Å². The van der Waals surface area contributed by atoms with E-state index in [0.717, 1.165) is 28.1 Å². The monoisotopic (exact) mass is 556 g/mol. The Kier molecular flexibility index (Phi) is 11.6. The van der Waals surface area contributed by atoms with E-state index in [0.29, 0.717) is 50.5 Å². The minimum absolute atomic E-state index is 0.0205. The van der Waals surface area contributed by atoms with Crippen molar-refractivity contribution >= 4 is 39.2 Å². The van der Waals surface area contributed by atoms with Crippen LogP contribution < -0.4 is 10.6 Å². The molecule has 39 heavy (non-hydrogen) atoms. The topological polar surface area (TPSA) is 101 Å². The minimum Gasteiger partial charge on any atom is -0.381 e. The predicted molar refractivity (Wildman–Crippen MR) is 157 cm³/mol. The maximum atomic E-state index is 13.7. The van der Waals surface area contributed by atoms with Crippen LogP contribution in [0.4, 0.5) is 0 Å². The van der Waals surface area contributed by atoms with Gasteiger partial charge in [0, 0.05) is 57.7 Å². The number of hydrogen-bond donors (Lipinski definition) is 2. The molecule has 0 unspecified atom stereocenters. The second-order valence-corrected chi connectivity index (χ2v) is 12.3. The first-order chi connectivity index (χ1) is 18.6. The number of likely N-dealkylation sites (N-methyl/N-ethyl adjacent to an activating group) is 1. The van der Waals surface area contributed by atoms with Crippen LogP contribution in [0.15, 0.2) is 30.4 Å². The number of carbonyl (C=O) groups is 3. The van der Waals surface area contributed by atoms with Crippen LogP contribution in [0.25, 0.3) is 10.2 Å². The summed E-state index contributed by atoms with van der Waals surface area (Å²) in [5, 5.41) is 6.74. The van der Waals surface area contributed by atoms with Crippen molar-refractivity contribution in [2.24, 2.45) is 11.8 Å². The number of Topliss-reactive ketones (excluding diaryl/α,β-unsaturated/α-hetero) is 1. The molecule has 1 fully saturated rings. The quantitative estimate of drug-likeness (QED) is 0.340. The largest absolute Gasteiger partial charge is 0.381 e. The molecule has 2 heterocycles. The molecule has 0 spiro atoms. The van der Waals surface area contributed by atoms with Crippen LogP contribution in [0.3, 0.4) is 0 Å². The van der Waals surface area contributed by atoms with Crippen molar-refractivity contribution in [2.45, 2.75) is 64.3 Å². The second-order valence-electron chi connectivity index (χ2n) is 11.1. The summed E-state index contributed by atoms with van der Waals surface area (Å²) in [6, 6.07) is 6.12. The third-order valence-corrected chi connectivity index (χ3v) is 8.41. The van der Waals surface area contributed by atoms with Gasteiger partial charge in [-0.15, -0.1) is 11.3 Å². The zero-order valence-corrected chi connectivity index (χ0v) is 24.9. The third-order valence-electron chi connectivity index (χ3n) is 7.37. The molecule has 1 aliphatic rings. The molecule has 0 radical (unpaired) electrons. The van der Waals surface area contributed by atoms with Crippen molar-refractivity contribution in [2.75, 3.05) is 40.9 Å². The Hall–Kier alpha value is -2.62. The minimum atomic E-state index is -0.558. The van der Waals surface area contributed by atoms with E-state index in [1.54, 1.807) is 18.4 Å². The van der Waals surface area contributed by atoms with Crippen molar-refractivity contribution in [1.29, 1.82) is 0 Å². The fourth-order valence-electron chi connectivity index (χ4n) is 5.01. The van der Waals surface area contributed by atoms with Crippen LogP contribution in [0.1, 0.15) is 62.4 Å². The van der Waals surface area contributed by atoms with Crippen molar-refractivity contribution in [3.8, 4) is 0 Å². The Morgan fingerprint density at radius 2 is 1.92 bits per heavy atom. The van der Waals surface area contributed by atoms with Gasteiger partial charge < -0.3 is 20.3 Å². The number of ether oxygens (including phenoxy) is 1. The van der Waals surface area contributed by atoms with Crippen LogP contribution in [-0.2, 0) is 25.5 Å². The molecule has 2 amide bonds. The highest BCUT2D eigenvalue weighted by Crippen LogP contribution is 2.29. The van der Waals surface area contributed by atoms with Crippen LogP contribution in [-0.4, -0.2) is 74.4 Å². The molecular weight excluding hydrogens is 512 g/mol. The molecule has 0 aliphatic carbocycles. The summed E-state index contributed by atoms with van der Waals surface area (Å²) in [5.74, 6) is -0.257. The van der Waals surface area contributed by atoms with E-state index in [1.165, 1.54) is 5.56 Å². The number of thiazole rings is 1. The van der Waals surface area contributed by atoms with Gasteiger partial charge in [0.15, 0.2) is 5.78 Å². The fourth-order valence-corrected chi connectivity index (χ4v) is 6.10. The number of nitrogens with one attached hydrogen (secondary N) is 2. The van der Waals surface area contributed by atoms with Crippen LogP contribution in [0.2, 0.25) is 0 Å². The summed E-state index contributed by atoms with van der Waals surface area (Å²) < 4.78 is 6.64. The Bertz CT molecular complexity index is 1150. The number of ketones is 1. The van der Waals surface area contributed by atoms with Gasteiger partial charge in [-0.1, -0.05) is 26.5 Å². The van der Waals surface area contributed by atoms with Gasteiger partial charge in [-0.3, -0.25) is 14.4 Å². The lowest BCUT2D eigenvalue weighted by atomic mass is 9.87. The molecule has 3 rings (SSSR count). The zero-order valence-electron chi connectivity index (χ0n) is 24.0. The molecule has 1 aromatic heterocycles. The number of aromatic nitrogens is 1. The molecule has 2 aromatic rings. The average molecular weight is 557 g/mol. The molecule has 0 bridgehead atoms. The number of benzene rings is 1. The second kappa shape index (κ2) is 14.7.